The lowest BCUT2D eigenvalue weighted by atomic mass is 9.68. The fourth-order valence-electron chi connectivity index (χ4n) is 4.80. The molecule has 1 heteroatoms. The van der Waals surface area contributed by atoms with Crippen LogP contribution in [0, 0.1) is 23.7 Å². The number of hydrogen-bond acceptors (Lipinski definition) is 1. The summed E-state index contributed by atoms with van der Waals surface area (Å²) in [6.07, 6.45) is 21.6. The minimum atomic E-state index is 0.985. The Kier molecular flexibility index (Phi) is 7.68. The zero-order valence-electron chi connectivity index (χ0n) is 14.4. The second-order valence-corrected chi connectivity index (χ2v) is 7.54. The molecule has 0 aromatic rings. The maximum Gasteiger partial charge on any atom is 0.0784 e. The van der Waals surface area contributed by atoms with Crippen LogP contribution in [0.15, 0.2) is 12.3 Å². The highest BCUT2D eigenvalue weighted by atomic mass is 16.5. The van der Waals surface area contributed by atoms with E-state index in [2.05, 4.69) is 13.0 Å². The van der Waals surface area contributed by atoms with Gasteiger partial charge in [-0.05, 0) is 68.3 Å². The monoisotopic (exact) mass is 292 g/mol. The van der Waals surface area contributed by atoms with Gasteiger partial charge in [-0.15, -0.1) is 0 Å². The van der Waals surface area contributed by atoms with E-state index in [9.17, 15) is 0 Å². The van der Waals surface area contributed by atoms with E-state index < -0.39 is 0 Å². The maximum atomic E-state index is 4.97. The topological polar surface area (TPSA) is 9.23 Å². The zero-order valence-corrected chi connectivity index (χ0v) is 14.4. The van der Waals surface area contributed by atoms with Crippen LogP contribution >= 0.6 is 0 Å². The molecule has 0 spiro atoms. The summed E-state index contributed by atoms with van der Waals surface area (Å²) in [7, 11) is 1.73. The van der Waals surface area contributed by atoms with Gasteiger partial charge in [-0.2, -0.15) is 0 Å². The minimum Gasteiger partial charge on any atom is -0.505 e. The molecule has 122 valence electrons. The lowest BCUT2D eigenvalue weighted by molar-refractivity contribution is 0.141. The van der Waals surface area contributed by atoms with E-state index in [0.717, 1.165) is 23.7 Å². The molecule has 0 atom stereocenters. The minimum absolute atomic E-state index is 0.985. The highest BCUT2D eigenvalue weighted by molar-refractivity contribution is 4.83. The first-order chi connectivity index (χ1) is 10.3. The van der Waals surface area contributed by atoms with Crippen molar-refractivity contribution < 1.29 is 4.74 Å². The van der Waals surface area contributed by atoms with Gasteiger partial charge in [0.15, 0.2) is 0 Å². The molecule has 0 heterocycles. The number of allylic oxidation sites excluding steroid dienone is 1. The van der Waals surface area contributed by atoms with Crippen LogP contribution in [0.1, 0.15) is 84.0 Å². The third-order valence-electron chi connectivity index (χ3n) is 6.12. The summed E-state index contributed by atoms with van der Waals surface area (Å²) in [5, 5.41) is 0. The van der Waals surface area contributed by atoms with E-state index in [4.69, 9.17) is 4.74 Å². The summed E-state index contributed by atoms with van der Waals surface area (Å²) in [5.41, 5.74) is 0. The number of methoxy groups -OCH3 is 1. The van der Waals surface area contributed by atoms with Crippen LogP contribution in [0.4, 0.5) is 0 Å². The Hall–Kier alpha value is -0.460. The summed E-state index contributed by atoms with van der Waals surface area (Å²) < 4.78 is 4.97. The van der Waals surface area contributed by atoms with Crippen molar-refractivity contribution in [1.82, 2.24) is 0 Å². The third kappa shape index (κ3) is 5.68. The average Bonchev–Trinajstić information content (AvgIpc) is 2.53. The molecule has 2 rings (SSSR count). The Morgan fingerprint density at radius 2 is 1.33 bits per heavy atom. The standard InChI is InChI=1S/C20H36O/c1-3-6-17-8-12-19(13-9-17)20-14-10-18(11-15-20)7-4-5-16-21-2/h5,16-20H,3-4,6-15H2,1-2H3. The van der Waals surface area contributed by atoms with Crippen LogP contribution < -0.4 is 0 Å². The molecule has 0 unspecified atom stereocenters. The van der Waals surface area contributed by atoms with E-state index in [1.165, 1.54) is 77.0 Å². The van der Waals surface area contributed by atoms with Crippen molar-refractivity contribution in [2.45, 2.75) is 84.0 Å². The molecule has 2 aliphatic carbocycles. The zero-order chi connectivity index (χ0) is 14.9. The lowest BCUT2D eigenvalue weighted by Gasteiger charge is -2.38. The number of rotatable bonds is 7. The van der Waals surface area contributed by atoms with Crippen LogP contribution in [-0.2, 0) is 4.74 Å². The first kappa shape index (κ1) is 16.9. The van der Waals surface area contributed by atoms with E-state index >= 15 is 0 Å². The van der Waals surface area contributed by atoms with Crippen LogP contribution in [0.3, 0.4) is 0 Å². The number of hydrogen-bond donors (Lipinski definition) is 0. The molecule has 2 aliphatic rings. The first-order valence-corrected chi connectivity index (χ1v) is 9.51. The van der Waals surface area contributed by atoms with Gasteiger partial charge in [0.1, 0.15) is 0 Å². The third-order valence-corrected chi connectivity index (χ3v) is 6.12. The van der Waals surface area contributed by atoms with Gasteiger partial charge in [-0.25, -0.2) is 0 Å². The summed E-state index contributed by atoms with van der Waals surface area (Å²) >= 11 is 0. The number of ether oxygens (including phenoxy) is 1. The van der Waals surface area contributed by atoms with Crippen molar-refractivity contribution in [2.24, 2.45) is 23.7 Å². The largest absolute Gasteiger partial charge is 0.505 e. The van der Waals surface area contributed by atoms with Crippen LogP contribution in [0.5, 0.6) is 0 Å². The second kappa shape index (κ2) is 9.54. The van der Waals surface area contributed by atoms with Gasteiger partial charge in [0.25, 0.3) is 0 Å². The summed E-state index contributed by atoms with van der Waals surface area (Å²) in [6, 6.07) is 0. The fraction of sp³-hybridized carbons (Fsp3) is 0.900. The predicted molar refractivity (Wildman–Crippen MR) is 91.2 cm³/mol. The van der Waals surface area contributed by atoms with Crippen molar-refractivity contribution in [2.75, 3.05) is 7.11 Å². The second-order valence-electron chi connectivity index (χ2n) is 7.54. The average molecular weight is 293 g/mol. The summed E-state index contributed by atoms with van der Waals surface area (Å²) in [5.74, 6) is 4.19. The van der Waals surface area contributed by atoms with Crippen LogP contribution in [-0.4, -0.2) is 7.11 Å². The van der Waals surface area contributed by atoms with E-state index in [-0.39, 0.29) is 0 Å². The smallest absolute Gasteiger partial charge is 0.0784 e. The Morgan fingerprint density at radius 3 is 1.81 bits per heavy atom. The van der Waals surface area contributed by atoms with E-state index in [0.29, 0.717) is 0 Å². The van der Waals surface area contributed by atoms with Crippen molar-refractivity contribution in [1.29, 1.82) is 0 Å². The molecular formula is C20H36O. The van der Waals surface area contributed by atoms with Gasteiger partial charge in [0.2, 0.25) is 0 Å². The van der Waals surface area contributed by atoms with Gasteiger partial charge in [-0.3, -0.25) is 0 Å². The predicted octanol–water partition coefficient (Wildman–Crippen LogP) is 6.34. The fourth-order valence-corrected chi connectivity index (χ4v) is 4.80. The normalized spacial score (nSPS) is 34.2. The van der Waals surface area contributed by atoms with Crippen LogP contribution in [0.25, 0.3) is 0 Å². The van der Waals surface area contributed by atoms with Gasteiger partial charge < -0.3 is 4.74 Å². The first-order valence-electron chi connectivity index (χ1n) is 9.51. The van der Waals surface area contributed by atoms with Gasteiger partial charge >= 0.3 is 0 Å². The van der Waals surface area contributed by atoms with Crippen LogP contribution in [0.2, 0.25) is 0 Å². The molecule has 21 heavy (non-hydrogen) atoms. The molecule has 0 radical (unpaired) electrons. The van der Waals surface area contributed by atoms with Gasteiger partial charge in [0, 0.05) is 0 Å². The van der Waals surface area contributed by atoms with Crippen molar-refractivity contribution in [3.63, 3.8) is 0 Å². The highest BCUT2D eigenvalue weighted by Gasteiger charge is 2.30. The highest BCUT2D eigenvalue weighted by Crippen LogP contribution is 2.42. The molecule has 1 nitrogen and oxygen atoms in total. The molecule has 0 N–H and O–H groups in total. The molecular weight excluding hydrogens is 256 g/mol. The summed E-state index contributed by atoms with van der Waals surface area (Å²) in [6.45, 7) is 2.34. The lowest BCUT2D eigenvalue weighted by Crippen LogP contribution is -2.25. The molecule has 0 aromatic heterocycles. The molecule has 0 bridgehead atoms. The van der Waals surface area contributed by atoms with Crippen molar-refractivity contribution in [3.05, 3.63) is 12.3 Å². The maximum absolute atomic E-state index is 4.97. The Labute approximate surface area is 132 Å². The SMILES string of the molecule is CCCC1CCC(C2CCC(CCC=COC)CC2)CC1. The van der Waals surface area contributed by atoms with Gasteiger partial charge in [0.05, 0.1) is 13.4 Å². The molecule has 2 saturated carbocycles. The molecule has 0 aromatic carbocycles. The van der Waals surface area contributed by atoms with Crippen molar-refractivity contribution in [3.8, 4) is 0 Å². The summed E-state index contributed by atoms with van der Waals surface area (Å²) in [4.78, 5) is 0. The quantitative estimate of drug-likeness (QED) is 0.497. The molecule has 0 amide bonds. The molecule has 2 fully saturated rings. The van der Waals surface area contributed by atoms with E-state index in [1.54, 1.807) is 7.11 Å². The van der Waals surface area contributed by atoms with E-state index in [1.807, 2.05) is 6.26 Å². The molecule has 0 aliphatic heterocycles. The Bertz CT molecular complexity index is 280. The molecule has 0 saturated heterocycles. The van der Waals surface area contributed by atoms with Crippen molar-refractivity contribution >= 4 is 0 Å². The van der Waals surface area contributed by atoms with Gasteiger partial charge in [-0.1, -0.05) is 45.4 Å². The Balaban J connectivity index is 1.62. The Morgan fingerprint density at radius 1 is 0.810 bits per heavy atom.